The number of aliphatic hydroxyl groups is 1. The number of para-hydroxylation sites is 2. The molecular formula is C33H37N3O2. The van der Waals surface area contributed by atoms with Crippen LogP contribution in [0, 0.1) is 45.8 Å². The molecule has 0 heterocycles. The standard InChI is InChI=1S/C33H37N3O2/c1-32-18-17-22(21-34)19-23(32)13-14-26-27-15-16-28(33(27,2)20-29(37)30(26)32)31(38)35-36(24-9-5-3-6-10-24)25-11-7-4-8-12-25/h3-13,19,26-30,37H,14-18,20H2,1-2H3,(H,35,38)/t26-,27-,28+,29-,30+,32-,33-/m0/s1. The Morgan fingerprint density at radius 3 is 2.34 bits per heavy atom. The van der Waals surface area contributed by atoms with Gasteiger partial charge < -0.3 is 5.11 Å². The van der Waals surface area contributed by atoms with E-state index >= 15 is 0 Å². The van der Waals surface area contributed by atoms with Crippen molar-refractivity contribution in [3.05, 3.63) is 84.0 Å². The Bertz CT molecular complexity index is 1270. The highest BCUT2D eigenvalue weighted by Crippen LogP contribution is 2.66. The smallest absolute Gasteiger partial charge is 0.242 e. The molecule has 5 nitrogen and oxygen atoms in total. The highest BCUT2D eigenvalue weighted by atomic mass is 16.3. The van der Waals surface area contributed by atoms with Gasteiger partial charge in [-0.25, -0.2) is 0 Å². The number of hydrazine groups is 1. The third-order valence-electron chi connectivity index (χ3n) is 10.4. The predicted octanol–water partition coefficient (Wildman–Crippen LogP) is 6.47. The van der Waals surface area contributed by atoms with Gasteiger partial charge in [0, 0.05) is 11.5 Å². The van der Waals surface area contributed by atoms with Crippen LogP contribution in [0.4, 0.5) is 11.4 Å². The number of carbonyl (C=O) groups is 1. The Morgan fingerprint density at radius 2 is 1.71 bits per heavy atom. The molecule has 2 N–H and O–H groups in total. The van der Waals surface area contributed by atoms with Gasteiger partial charge in [-0.15, -0.1) is 0 Å². The number of anilines is 2. The topological polar surface area (TPSA) is 76.4 Å². The van der Waals surface area contributed by atoms with Crippen molar-refractivity contribution >= 4 is 17.3 Å². The summed E-state index contributed by atoms with van der Waals surface area (Å²) in [6.07, 6.45) is 9.05. The van der Waals surface area contributed by atoms with Crippen LogP contribution in [0.2, 0.25) is 0 Å². The van der Waals surface area contributed by atoms with Crippen LogP contribution in [-0.4, -0.2) is 17.1 Å². The molecule has 0 radical (unpaired) electrons. The minimum atomic E-state index is -0.459. The number of nitrogens with zero attached hydrogens (tertiary/aromatic N) is 2. The van der Waals surface area contributed by atoms with E-state index in [2.05, 4.69) is 37.5 Å². The minimum absolute atomic E-state index is 0.0332. The van der Waals surface area contributed by atoms with Crippen molar-refractivity contribution in [1.82, 2.24) is 5.43 Å². The fraction of sp³-hybridized carbons (Fsp3) is 0.455. The van der Waals surface area contributed by atoms with Crippen molar-refractivity contribution in [1.29, 1.82) is 5.26 Å². The van der Waals surface area contributed by atoms with Crippen LogP contribution >= 0.6 is 0 Å². The van der Waals surface area contributed by atoms with Crippen LogP contribution in [0.3, 0.4) is 0 Å². The van der Waals surface area contributed by atoms with Crippen molar-refractivity contribution < 1.29 is 9.90 Å². The van der Waals surface area contributed by atoms with Gasteiger partial charge in [0.15, 0.2) is 0 Å². The maximum Gasteiger partial charge on any atom is 0.242 e. The molecule has 6 rings (SSSR count). The number of hydrogen-bond acceptors (Lipinski definition) is 4. The normalized spacial score (nSPS) is 35.5. The van der Waals surface area contributed by atoms with Crippen LogP contribution in [0.15, 0.2) is 84.0 Å². The maximum absolute atomic E-state index is 14.0. The lowest BCUT2D eigenvalue weighted by Gasteiger charge is -2.58. The number of fused-ring (bicyclic) bond motifs is 5. The number of carbonyl (C=O) groups excluding carboxylic acids is 1. The molecule has 4 aliphatic rings. The Kier molecular flexibility index (Phi) is 6.19. The molecule has 0 unspecified atom stereocenters. The summed E-state index contributed by atoms with van der Waals surface area (Å²) in [5, 5.41) is 23.1. The minimum Gasteiger partial charge on any atom is -0.393 e. The number of nitrogens with one attached hydrogen (secondary N) is 1. The van der Waals surface area contributed by atoms with Crippen molar-refractivity contribution in [2.24, 2.45) is 34.5 Å². The van der Waals surface area contributed by atoms with Crippen molar-refractivity contribution in [2.75, 3.05) is 5.01 Å². The average molecular weight is 508 g/mol. The molecule has 2 aromatic rings. The molecule has 0 bridgehead atoms. The van der Waals surface area contributed by atoms with Gasteiger partial charge in [0.25, 0.3) is 0 Å². The number of aliphatic hydroxyl groups excluding tert-OH is 1. The molecule has 2 aromatic carbocycles. The van der Waals surface area contributed by atoms with Crippen molar-refractivity contribution in [3.63, 3.8) is 0 Å². The molecule has 0 spiro atoms. The molecule has 2 fully saturated rings. The van der Waals surface area contributed by atoms with Crippen molar-refractivity contribution in [3.8, 4) is 6.07 Å². The molecule has 4 aliphatic carbocycles. The number of amides is 1. The zero-order valence-electron chi connectivity index (χ0n) is 22.3. The Hall–Kier alpha value is -3.36. The quantitative estimate of drug-likeness (QED) is 0.465. The van der Waals surface area contributed by atoms with E-state index in [-0.39, 0.29) is 28.6 Å². The van der Waals surface area contributed by atoms with Crippen LogP contribution in [-0.2, 0) is 4.79 Å². The van der Waals surface area contributed by atoms with Gasteiger partial charge in [-0.3, -0.25) is 15.2 Å². The summed E-state index contributed by atoms with van der Waals surface area (Å²) in [4.78, 5) is 14.0. The molecule has 196 valence electrons. The van der Waals surface area contributed by atoms with E-state index < -0.39 is 6.10 Å². The first kappa shape index (κ1) is 24.9. The molecule has 2 saturated carbocycles. The molecule has 1 amide bonds. The van der Waals surface area contributed by atoms with Gasteiger partial charge in [0.05, 0.1) is 23.5 Å². The summed E-state index contributed by atoms with van der Waals surface area (Å²) in [5.41, 5.74) is 6.81. The summed E-state index contributed by atoms with van der Waals surface area (Å²) in [6, 6.07) is 22.2. The summed E-state index contributed by atoms with van der Waals surface area (Å²) in [5.74, 6) is 0.790. The van der Waals surface area contributed by atoms with Crippen LogP contribution in [0.1, 0.15) is 52.4 Å². The highest BCUT2D eigenvalue weighted by molar-refractivity contribution is 5.83. The van der Waals surface area contributed by atoms with E-state index in [4.69, 9.17) is 0 Å². The third kappa shape index (κ3) is 3.89. The summed E-state index contributed by atoms with van der Waals surface area (Å²) in [6.45, 7) is 4.54. The monoisotopic (exact) mass is 507 g/mol. The zero-order valence-corrected chi connectivity index (χ0v) is 22.3. The molecule has 5 heteroatoms. The second-order valence-electron chi connectivity index (χ2n) is 12.3. The van der Waals surface area contributed by atoms with Gasteiger partial charge in [0.2, 0.25) is 5.91 Å². The highest BCUT2D eigenvalue weighted by Gasteiger charge is 2.62. The summed E-state index contributed by atoms with van der Waals surface area (Å²) in [7, 11) is 0. The molecule has 0 saturated heterocycles. The molecule has 0 aliphatic heterocycles. The third-order valence-corrected chi connectivity index (χ3v) is 10.4. The van der Waals surface area contributed by atoms with E-state index in [9.17, 15) is 15.2 Å². The lowest BCUT2D eigenvalue weighted by Crippen LogP contribution is -2.57. The Morgan fingerprint density at radius 1 is 1.05 bits per heavy atom. The lowest BCUT2D eigenvalue weighted by molar-refractivity contribution is -0.141. The zero-order chi connectivity index (χ0) is 26.5. The van der Waals surface area contributed by atoms with Crippen LogP contribution < -0.4 is 10.4 Å². The first-order valence-corrected chi connectivity index (χ1v) is 14.1. The second-order valence-corrected chi connectivity index (χ2v) is 12.3. The largest absolute Gasteiger partial charge is 0.393 e. The predicted molar refractivity (Wildman–Crippen MR) is 149 cm³/mol. The fourth-order valence-electron chi connectivity index (χ4n) is 8.60. The SMILES string of the molecule is C[C@]12C[C@H](O)[C@H]3[C@@H](CC=C4C=C(C#N)CC[C@@]43C)[C@@H]1CC[C@@H]2C(=O)NN(c1ccccc1)c1ccccc1. The molecular weight excluding hydrogens is 470 g/mol. The van der Waals surface area contributed by atoms with E-state index in [1.54, 1.807) is 0 Å². The number of nitriles is 1. The molecule has 38 heavy (non-hydrogen) atoms. The lowest BCUT2D eigenvalue weighted by atomic mass is 9.47. The molecule has 7 atom stereocenters. The average Bonchev–Trinajstić information content (AvgIpc) is 3.28. The number of benzene rings is 2. The maximum atomic E-state index is 14.0. The van der Waals surface area contributed by atoms with Crippen LogP contribution in [0.25, 0.3) is 0 Å². The van der Waals surface area contributed by atoms with E-state index in [1.165, 1.54) is 5.57 Å². The number of allylic oxidation sites excluding steroid dienone is 4. The summed E-state index contributed by atoms with van der Waals surface area (Å²) < 4.78 is 0. The van der Waals surface area contributed by atoms with Crippen LogP contribution in [0.5, 0.6) is 0 Å². The van der Waals surface area contributed by atoms with E-state index in [0.29, 0.717) is 18.3 Å². The second kappa shape index (κ2) is 9.43. The Labute approximate surface area is 225 Å². The van der Waals surface area contributed by atoms with Gasteiger partial charge in [-0.05, 0) is 103 Å². The fourth-order valence-corrected chi connectivity index (χ4v) is 8.60. The van der Waals surface area contributed by atoms with Gasteiger partial charge >= 0.3 is 0 Å². The Balaban J connectivity index is 1.28. The molecule has 0 aromatic heterocycles. The summed E-state index contributed by atoms with van der Waals surface area (Å²) >= 11 is 0. The van der Waals surface area contributed by atoms with Gasteiger partial charge in [0.1, 0.15) is 0 Å². The van der Waals surface area contributed by atoms with Gasteiger partial charge in [-0.1, -0.05) is 56.3 Å². The number of hydrogen-bond donors (Lipinski definition) is 2. The van der Waals surface area contributed by atoms with Gasteiger partial charge in [-0.2, -0.15) is 5.26 Å². The van der Waals surface area contributed by atoms with E-state index in [0.717, 1.165) is 49.1 Å². The van der Waals surface area contributed by atoms with E-state index in [1.807, 2.05) is 65.7 Å². The first-order chi connectivity index (χ1) is 18.3. The first-order valence-electron chi connectivity index (χ1n) is 14.1. The van der Waals surface area contributed by atoms with Crippen molar-refractivity contribution in [2.45, 2.75) is 58.5 Å². The number of rotatable bonds is 4.